The summed E-state index contributed by atoms with van der Waals surface area (Å²) in [7, 11) is 0. The van der Waals surface area contributed by atoms with Gasteiger partial charge >= 0.3 is 0 Å². The van der Waals surface area contributed by atoms with E-state index in [0.29, 0.717) is 4.64 Å². The van der Waals surface area contributed by atoms with E-state index in [1.807, 2.05) is 0 Å². The molecule has 0 bridgehead atoms. The zero-order chi connectivity index (χ0) is 13.1. The molecule has 0 aliphatic heterocycles. The van der Waals surface area contributed by atoms with Crippen LogP contribution in [-0.2, 0) is 6.42 Å². The quantitative estimate of drug-likeness (QED) is 0.828. The molecule has 18 heavy (non-hydrogen) atoms. The normalized spacial score (nSPS) is 10.6. The van der Waals surface area contributed by atoms with E-state index in [9.17, 15) is 0 Å². The van der Waals surface area contributed by atoms with Crippen LogP contribution >= 0.6 is 12.2 Å². The lowest BCUT2D eigenvalue weighted by molar-refractivity contribution is 0.898. The van der Waals surface area contributed by atoms with E-state index in [1.54, 1.807) is 6.33 Å². The molecular weight excluding hydrogens is 240 g/mol. The van der Waals surface area contributed by atoms with Gasteiger partial charge in [0.25, 0.3) is 0 Å². The van der Waals surface area contributed by atoms with Crippen LogP contribution in [0.25, 0.3) is 11.3 Å². The number of hydrogen-bond acceptors (Lipinski definition) is 2. The van der Waals surface area contributed by atoms with Gasteiger partial charge in [-0.25, -0.2) is 4.98 Å². The van der Waals surface area contributed by atoms with Crippen molar-refractivity contribution in [2.45, 2.75) is 33.6 Å². The first-order valence-electron chi connectivity index (χ1n) is 6.27. The third-order valence-corrected chi connectivity index (χ3v) is 3.60. The summed E-state index contributed by atoms with van der Waals surface area (Å²) >= 11 is 5.33. The predicted molar refractivity (Wildman–Crippen MR) is 78.3 cm³/mol. The fraction of sp³-hybridized carbons (Fsp3) is 0.333. The molecule has 0 amide bonds. The summed E-state index contributed by atoms with van der Waals surface area (Å²) in [4.78, 5) is 7.43. The topological polar surface area (TPSA) is 28.7 Å². The minimum absolute atomic E-state index is 0.712. The first kappa shape index (κ1) is 13.0. The Kier molecular flexibility index (Phi) is 3.92. The van der Waals surface area contributed by atoms with Crippen molar-refractivity contribution in [2.24, 2.45) is 0 Å². The molecule has 1 N–H and O–H groups in total. The molecule has 0 saturated carbocycles. The number of nitrogens with one attached hydrogen (secondary N) is 1. The first-order chi connectivity index (χ1) is 8.63. The number of rotatable bonds is 3. The van der Waals surface area contributed by atoms with Gasteiger partial charge in [0.05, 0.1) is 12.0 Å². The van der Waals surface area contributed by atoms with Crippen LogP contribution in [0.15, 0.2) is 24.5 Å². The molecule has 1 heterocycles. The zero-order valence-corrected chi connectivity index (χ0v) is 11.9. The second kappa shape index (κ2) is 5.44. The van der Waals surface area contributed by atoms with Gasteiger partial charge in [-0.3, -0.25) is 0 Å². The fourth-order valence-electron chi connectivity index (χ4n) is 2.06. The van der Waals surface area contributed by atoms with Crippen molar-refractivity contribution in [1.29, 1.82) is 0 Å². The zero-order valence-electron chi connectivity index (χ0n) is 11.1. The Hall–Kier alpha value is -1.48. The molecule has 3 heteroatoms. The third kappa shape index (κ3) is 2.51. The van der Waals surface area contributed by atoms with E-state index in [0.717, 1.165) is 24.1 Å². The van der Waals surface area contributed by atoms with E-state index < -0.39 is 0 Å². The Morgan fingerprint density at radius 3 is 2.67 bits per heavy atom. The van der Waals surface area contributed by atoms with Gasteiger partial charge in [-0.2, -0.15) is 0 Å². The molecule has 0 aliphatic carbocycles. The molecule has 1 aromatic carbocycles. The predicted octanol–water partition coefficient (Wildman–Crippen LogP) is 4.38. The van der Waals surface area contributed by atoms with Crippen molar-refractivity contribution < 1.29 is 0 Å². The summed E-state index contributed by atoms with van der Waals surface area (Å²) in [5.41, 5.74) is 6.06. The summed E-state index contributed by atoms with van der Waals surface area (Å²) in [5.74, 6) is 0. The van der Waals surface area contributed by atoms with Crippen molar-refractivity contribution >= 4 is 12.2 Å². The van der Waals surface area contributed by atoms with Gasteiger partial charge in [-0.1, -0.05) is 37.7 Å². The fourth-order valence-corrected chi connectivity index (χ4v) is 2.32. The lowest BCUT2D eigenvalue weighted by Crippen LogP contribution is -1.97. The van der Waals surface area contributed by atoms with Gasteiger partial charge in [-0.05, 0) is 43.0 Å². The molecule has 0 saturated heterocycles. The average molecular weight is 258 g/mol. The summed E-state index contributed by atoms with van der Waals surface area (Å²) in [6, 6.07) is 6.49. The average Bonchev–Trinajstić information content (AvgIpc) is 2.35. The minimum Gasteiger partial charge on any atom is -0.346 e. The van der Waals surface area contributed by atoms with Crippen LogP contribution in [0.4, 0.5) is 0 Å². The molecule has 0 atom stereocenters. The van der Waals surface area contributed by atoms with Crippen LogP contribution < -0.4 is 0 Å². The Labute approximate surface area is 113 Å². The van der Waals surface area contributed by atoms with Crippen LogP contribution in [0.3, 0.4) is 0 Å². The van der Waals surface area contributed by atoms with Crippen LogP contribution in [0.2, 0.25) is 0 Å². The number of H-pyrrole nitrogens is 1. The van der Waals surface area contributed by atoms with Gasteiger partial charge in [-0.15, -0.1) is 0 Å². The maximum Gasteiger partial charge on any atom is 0.133 e. The van der Waals surface area contributed by atoms with Crippen LogP contribution in [0.5, 0.6) is 0 Å². The Bertz CT molecular complexity index is 614. The van der Waals surface area contributed by atoms with Gasteiger partial charge in [0, 0.05) is 5.56 Å². The highest BCUT2D eigenvalue weighted by Gasteiger charge is 2.08. The lowest BCUT2D eigenvalue weighted by Gasteiger charge is -2.10. The lowest BCUT2D eigenvalue weighted by atomic mass is 10.00. The number of hydrogen-bond donors (Lipinski definition) is 1. The van der Waals surface area contributed by atoms with Crippen molar-refractivity contribution in [3.05, 3.63) is 45.9 Å². The van der Waals surface area contributed by atoms with Crippen molar-refractivity contribution in [2.75, 3.05) is 0 Å². The second-order valence-electron chi connectivity index (χ2n) is 4.61. The molecule has 0 unspecified atom stereocenters. The molecule has 94 valence electrons. The monoisotopic (exact) mass is 258 g/mol. The first-order valence-corrected chi connectivity index (χ1v) is 6.68. The minimum atomic E-state index is 0.712. The Morgan fingerprint density at radius 1 is 1.22 bits per heavy atom. The summed E-state index contributed by atoms with van der Waals surface area (Å²) in [6.45, 7) is 6.42. The van der Waals surface area contributed by atoms with E-state index in [4.69, 9.17) is 12.2 Å². The molecule has 0 aliphatic rings. The van der Waals surface area contributed by atoms with Crippen molar-refractivity contribution in [3.8, 4) is 11.3 Å². The maximum absolute atomic E-state index is 5.33. The van der Waals surface area contributed by atoms with Crippen LogP contribution in [-0.4, -0.2) is 9.97 Å². The van der Waals surface area contributed by atoms with Crippen molar-refractivity contribution in [1.82, 2.24) is 9.97 Å². The molecule has 1 aromatic heterocycles. The number of benzene rings is 1. The smallest absolute Gasteiger partial charge is 0.133 e. The highest BCUT2D eigenvalue weighted by Crippen LogP contribution is 2.24. The van der Waals surface area contributed by atoms with Crippen LogP contribution in [0.1, 0.15) is 30.0 Å². The highest BCUT2D eigenvalue weighted by atomic mass is 32.1. The molecular formula is C15H18N2S. The van der Waals surface area contributed by atoms with E-state index in [1.165, 1.54) is 16.7 Å². The Balaban J connectivity index is 2.59. The summed E-state index contributed by atoms with van der Waals surface area (Å²) in [6.07, 6.45) is 3.72. The van der Waals surface area contributed by atoms with Gasteiger partial charge in [0.2, 0.25) is 0 Å². The second-order valence-corrected chi connectivity index (χ2v) is 5.00. The van der Waals surface area contributed by atoms with Crippen LogP contribution in [0, 0.1) is 18.5 Å². The summed E-state index contributed by atoms with van der Waals surface area (Å²) in [5, 5.41) is 0. The largest absolute Gasteiger partial charge is 0.346 e. The van der Waals surface area contributed by atoms with E-state index >= 15 is 0 Å². The van der Waals surface area contributed by atoms with Crippen molar-refractivity contribution in [3.63, 3.8) is 0 Å². The molecule has 0 spiro atoms. The molecule has 2 rings (SSSR count). The number of aryl methyl sites for hydroxylation is 2. The number of aromatic amines is 1. The molecule has 2 nitrogen and oxygen atoms in total. The molecule has 0 fully saturated rings. The molecule has 0 radical (unpaired) electrons. The highest BCUT2D eigenvalue weighted by molar-refractivity contribution is 7.71. The van der Waals surface area contributed by atoms with Gasteiger partial charge < -0.3 is 4.98 Å². The van der Waals surface area contributed by atoms with Gasteiger partial charge in [0.1, 0.15) is 4.64 Å². The molecule has 2 aromatic rings. The third-order valence-electron chi connectivity index (χ3n) is 3.25. The maximum atomic E-state index is 5.33. The standard InChI is InChI=1S/C15H18N2S/c1-4-5-13-14(16-9-17-15(13)18)12-7-6-10(2)11(3)8-12/h6-9H,4-5H2,1-3H3,(H,16,17,18). The number of aromatic nitrogens is 2. The summed E-state index contributed by atoms with van der Waals surface area (Å²) < 4.78 is 0.712. The Morgan fingerprint density at radius 2 is 2.00 bits per heavy atom. The van der Waals surface area contributed by atoms with Gasteiger partial charge in [0.15, 0.2) is 0 Å². The van der Waals surface area contributed by atoms with E-state index in [2.05, 4.69) is 48.9 Å². The SMILES string of the molecule is CCCc1c(-c2ccc(C)c(C)c2)[nH]cnc1=S. The number of nitrogens with zero attached hydrogens (tertiary/aromatic N) is 1. The van der Waals surface area contributed by atoms with E-state index in [-0.39, 0.29) is 0 Å².